The maximum absolute atomic E-state index is 9.15. The van der Waals surface area contributed by atoms with Gasteiger partial charge in [0.2, 0.25) is 0 Å². The van der Waals surface area contributed by atoms with Gasteiger partial charge in [-0.2, -0.15) is 11.8 Å². The van der Waals surface area contributed by atoms with Gasteiger partial charge in [-0.05, 0) is 24.7 Å². The van der Waals surface area contributed by atoms with E-state index in [0.717, 1.165) is 29.4 Å². The monoisotopic (exact) mass is 299 g/mol. The molecule has 2 N–H and O–H groups in total. The van der Waals surface area contributed by atoms with E-state index in [4.69, 9.17) is 14.6 Å². The van der Waals surface area contributed by atoms with Crippen LogP contribution in [-0.2, 0) is 0 Å². The molecule has 0 aliphatic heterocycles. The van der Waals surface area contributed by atoms with Crippen molar-refractivity contribution in [2.24, 2.45) is 0 Å². The van der Waals surface area contributed by atoms with Gasteiger partial charge in [-0.15, -0.1) is 0 Å². The van der Waals surface area contributed by atoms with Crippen molar-refractivity contribution in [1.29, 1.82) is 0 Å². The van der Waals surface area contributed by atoms with Crippen LogP contribution in [0.1, 0.15) is 25.5 Å². The van der Waals surface area contributed by atoms with Crippen molar-refractivity contribution < 1.29 is 14.6 Å². The predicted molar refractivity (Wildman–Crippen MR) is 85.0 cm³/mol. The van der Waals surface area contributed by atoms with E-state index in [1.165, 1.54) is 0 Å². The Morgan fingerprint density at radius 2 is 2.05 bits per heavy atom. The Morgan fingerprint density at radius 3 is 2.60 bits per heavy atom. The van der Waals surface area contributed by atoms with Crippen LogP contribution in [0.15, 0.2) is 18.2 Å². The van der Waals surface area contributed by atoms with Gasteiger partial charge in [0.15, 0.2) is 0 Å². The SMILES string of the molecule is CCNC(CSC(C)CO)c1cc(OC)ccc1OC. The summed E-state index contributed by atoms with van der Waals surface area (Å²) in [7, 11) is 3.34. The molecule has 0 radical (unpaired) electrons. The first kappa shape index (κ1) is 17.1. The smallest absolute Gasteiger partial charge is 0.123 e. The number of nitrogens with one attached hydrogen (secondary N) is 1. The molecule has 5 heteroatoms. The molecule has 0 aliphatic carbocycles. The molecule has 0 fully saturated rings. The van der Waals surface area contributed by atoms with Gasteiger partial charge in [-0.1, -0.05) is 13.8 Å². The average Bonchev–Trinajstić information content (AvgIpc) is 2.50. The highest BCUT2D eigenvalue weighted by atomic mass is 32.2. The number of thioether (sulfide) groups is 1. The van der Waals surface area contributed by atoms with Crippen LogP contribution in [0.2, 0.25) is 0 Å². The summed E-state index contributed by atoms with van der Waals surface area (Å²) in [6.45, 7) is 5.17. The fraction of sp³-hybridized carbons (Fsp3) is 0.600. The minimum Gasteiger partial charge on any atom is -0.497 e. The average molecular weight is 299 g/mol. The van der Waals surface area contributed by atoms with Crippen molar-refractivity contribution in [2.45, 2.75) is 25.1 Å². The Kier molecular flexibility index (Phi) is 7.80. The van der Waals surface area contributed by atoms with E-state index in [9.17, 15) is 0 Å². The molecule has 4 nitrogen and oxygen atoms in total. The summed E-state index contributed by atoms with van der Waals surface area (Å²) in [6.07, 6.45) is 0. The van der Waals surface area contributed by atoms with E-state index < -0.39 is 0 Å². The van der Waals surface area contributed by atoms with Crippen LogP contribution < -0.4 is 14.8 Å². The summed E-state index contributed by atoms with van der Waals surface area (Å²) >= 11 is 1.74. The second-order valence-corrected chi connectivity index (χ2v) is 6.02. The number of methoxy groups -OCH3 is 2. The van der Waals surface area contributed by atoms with Gasteiger partial charge in [0.1, 0.15) is 11.5 Å². The standard InChI is InChI=1S/C15H25NO3S/c1-5-16-14(10-20-11(2)9-17)13-8-12(18-3)6-7-15(13)19-4/h6-8,11,14,16-17H,5,9-10H2,1-4H3. The van der Waals surface area contributed by atoms with E-state index >= 15 is 0 Å². The lowest BCUT2D eigenvalue weighted by atomic mass is 10.1. The first-order chi connectivity index (χ1) is 9.65. The number of rotatable bonds is 9. The topological polar surface area (TPSA) is 50.7 Å². The largest absolute Gasteiger partial charge is 0.497 e. The molecule has 0 bridgehead atoms. The van der Waals surface area contributed by atoms with Crippen LogP contribution >= 0.6 is 11.8 Å². The van der Waals surface area contributed by atoms with E-state index in [2.05, 4.69) is 12.2 Å². The Morgan fingerprint density at radius 1 is 1.30 bits per heavy atom. The zero-order valence-electron chi connectivity index (χ0n) is 12.7. The van der Waals surface area contributed by atoms with E-state index in [1.807, 2.05) is 25.1 Å². The summed E-state index contributed by atoms with van der Waals surface area (Å²) in [5, 5.41) is 12.8. The van der Waals surface area contributed by atoms with Crippen LogP contribution in [0.25, 0.3) is 0 Å². The summed E-state index contributed by atoms with van der Waals surface area (Å²) in [4.78, 5) is 0. The number of hydrogen-bond donors (Lipinski definition) is 2. The zero-order valence-corrected chi connectivity index (χ0v) is 13.5. The van der Waals surface area contributed by atoms with Crippen molar-refractivity contribution >= 4 is 11.8 Å². The van der Waals surface area contributed by atoms with Gasteiger partial charge in [-0.25, -0.2) is 0 Å². The number of benzene rings is 1. The van der Waals surface area contributed by atoms with Crippen LogP contribution in [0.5, 0.6) is 11.5 Å². The lowest BCUT2D eigenvalue weighted by Crippen LogP contribution is -2.24. The van der Waals surface area contributed by atoms with E-state index in [1.54, 1.807) is 26.0 Å². The molecule has 0 heterocycles. The fourth-order valence-corrected chi connectivity index (χ4v) is 2.85. The van der Waals surface area contributed by atoms with Crippen LogP contribution in [0, 0.1) is 0 Å². The van der Waals surface area contributed by atoms with Crippen molar-refractivity contribution in [1.82, 2.24) is 5.32 Å². The number of hydrogen-bond acceptors (Lipinski definition) is 5. The minimum absolute atomic E-state index is 0.170. The highest BCUT2D eigenvalue weighted by Crippen LogP contribution is 2.31. The third-order valence-corrected chi connectivity index (χ3v) is 4.31. The van der Waals surface area contributed by atoms with Crippen molar-refractivity contribution in [3.63, 3.8) is 0 Å². The molecule has 0 spiro atoms. The fourth-order valence-electron chi connectivity index (χ4n) is 1.93. The lowest BCUT2D eigenvalue weighted by Gasteiger charge is -2.22. The summed E-state index contributed by atoms with van der Waals surface area (Å²) in [6, 6.07) is 6.01. The summed E-state index contributed by atoms with van der Waals surface area (Å²) in [5.41, 5.74) is 1.09. The Labute approximate surface area is 125 Å². The second-order valence-electron chi connectivity index (χ2n) is 4.54. The molecule has 1 aromatic carbocycles. The lowest BCUT2D eigenvalue weighted by molar-refractivity contribution is 0.300. The first-order valence-electron chi connectivity index (χ1n) is 6.84. The molecule has 0 saturated carbocycles. The maximum atomic E-state index is 9.15. The summed E-state index contributed by atoms with van der Waals surface area (Å²) < 4.78 is 10.8. The predicted octanol–water partition coefficient (Wildman–Crippen LogP) is 2.47. The molecular formula is C15H25NO3S. The Balaban J connectivity index is 2.93. The van der Waals surface area contributed by atoms with E-state index in [0.29, 0.717) is 0 Å². The molecule has 1 aromatic rings. The molecule has 1 rings (SSSR count). The number of aliphatic hydroxyl groups is 1. The second kappa shape index (κ2) is 9.10. The van der Waals surface area contributed by atoms with Gasteiger partial charge in [0.25, 0.3) is 0 Å². The molecular weight excluding hydrogens is 274 g/mol. The molecule has 0 aliphatic rings. The van der Waals surface area contributed by atoms with Gasteiger partial charge >= 0.3 is 0 Å². The van der Waals surface area contributed by atoms with Crippen LogP contribution in [-0.4, -0.2) is 43.5 Å². The first-order valence-corrected chi connectivity index (χ1v) is 7.88. The molecule has 0 saturated heterocycles. The number of aliphatic hydroxyl groups excluding tert-OH is 1. The van der Waals surface area contributed by atoms with Gasteiger partial charge in [0, 0.05) is 22.6 Å². The minimum atomic E-state index is 0.170. The van der Waals surface area contributed by atoms with Crippen LogP contribution in [0.4, 0.5) is 0 Å². The molecule has 0 aromatic heterocycles. The van der Waals surface area contributed by atoms with Crippen molar-refractivity contribution in [2.75, 3.05) is 33.1 Å². The molecule has 114 valence electrons. The Bertz CT molecular complexity index is 401. The summed E-state index contributed by atoms with van der Waals surface area (Å²) in [5.74, 6) is 2.55. The molecule has 0 amide bonds. The quantitative estimate of drug-likeness (QED) is 0.733. The maximum Gasteiger partial charge on any atom is 0.123 e. The Hall–Kier alpha value is -0.910. The number of ether oxygens (including phenoxy) is 2. The van der Waals surface area contributed by atoms with Crippen LogP contribution in [0.3, 0.4) is 0 Å². The molecule has 20 heavy (non-hydrogen) atoms. The van der Waals surface area contributed by atoms with Crippen molar-refractivity contribution in [3.05, 3.63) is 23.8 Å². The van der Waals surface area contributed by atoms with Gasteiger partial charge < -0.3 is 19.9 Å². The van der Waals surface area contributed by atoms with E-state index in [-0.39, 0.29) is 17.9 Å². The third-order valence-electron chi connectivity index (χ3n) is 3.07. The highest BCUT2D eigenvalue weighted by molar-refractivity contribution is 7.99. The molecule has 2 unspecified atom stereocenters. The van der Waals surface area contributed by atoms with Gasteiger partial charge in [-0.3, -0.25) is 0 Å². The normalized spacial score (nSPS) is 13.8. The highest BCUT2D eigenvalue weighted by Gasteiger charge is 2.17. The third kappa shape index (κ3) is 4.89. The molecule has 2 atom stereocenters. The zero-order chi connectivity index (χ0) is 15.0. The van der Waals surface area contributed by atoms with Crippen molar-refractivity contribution in [3.8, 4) is 11.5 Å². The van der Waals surface area contributed by atoms with Gasteiger partial charge in [0.05, 0.1) is 20.8 Å².